The molecule has 2 atom stereocenters. The number of aliphatic hydroxyl groups excluding tert-OH is 1. The first-order valence-electron chi connectivity index (χ1n) is 6.34. The molecular weight excluding hydrogens is 265 g/mol. The van der Waals surface area contributed by atoms with E-state index in [1.54, 1.807) is 37.3 Å². The third-order valence-corrected chi connectivity index (χ3v) is 2.73. The van der Waals surface area contributed by atoms with Crippen molar-refractivity contribution in [3.8, 4) is 0 Å². The second-order valence-corrected chi connectivity index (χ2v) is 4.16. The van der Waals surface area contributed by atoms with Crippen molar-refractivity contribution in [2.45, 2.75) is 13.0 Å². The van der Waals surface area contributed by atoms with Gasteiger partial charge in [-0.3, -0.25) is 9.59 Å². The number of alkyl halides is 1. The van der Waals surface area contributed by atoms with Gasteiger partial charge >= 0.3 is 5.97 Å². The topological polar surface area (TPSA) is 75.6 Å². The average Bonchev–Trinajstić information content (AvgIpc) is 2.48. The number of halogens is 1. The number of carbonyl (C=O) groups is 2. The fraction of sp³-hybridized carbons (Fsp3) is 0.429. The largest absolute Gasteiger partial charge is 0.466 e. The van der Waals surface area contributed by atoms with Crippen molar-refractivity contribution in [3.63, 3.8) is 0 Å². The molecule has 0 fully saturated rings. The summed E-state index contributed by atoms with van der Waals surface area (Å²) in [4.78, 5) is 23.4. The quantitative estimate of drug-likeness (QED) is 0.730. The molecule has 6 heteroatoms. The molecule has 0 aliphatic carbocycles. The second kappa shape index (κ2) is 8.27. The Balaban J connectivity index is 2.62. The van der Waals surface area contributed by atoms with Gasteiger partial charge < -0.3 is 15.2 Å². The van der Waals surface area contributed by atoms with Crippen LogP contribution in [0, 0.1) is 5.92 Å². The van der Waals surface area contributed by atoms with Crippen molar-refractivity contribution in [2.75, 3.05) is 19.8 Å². The lowest BCUT2D eigenvalue weighted by Crippen LogP contribution is -2.41. The summed E-state index contributed by atoms with van der Waals surface area (Å²) in [6.07, 6.45) is -1.50. The highest BCUT2D eigenvalue weighted by molar-refractivity contribution is 5.94. The summed E-state index contributed by atoms with van der Waals surface area (Å²) in [5.74, 6) is -2.25. The van der Waals surface area contributed by atoms with E-state index in [0.717, 1.165) is 0 Å². The molecule has 0 aliphatic heterocycles. The highest BCUT2D eigenvalue weighted by atomic mass is 19.1. The monoisotopic (exact) mass is 283 g/mol. The summed E-state index contributed by atoms with van der Waals surface area (Å²) in [7, 11) is 0. The lowest BCUT2D eigenvalue weighted by atomic mass is 10.0. The van der Waals surface area contributed by atoms with Gasteiger partial charge in [-0.1, -0.05) is 18.2 Å². The van der Waals surface area contributed by atoms with Crippen LogP contribution in [0.1, 0.15) is 17.3 Å². The van der Waals surface area contributed by atoms with Gasteiger partial charge in [0.1, 0.15) is 12.6 Å². The zero-order valence-corrected chi connectivity index (χ0v) is 11.2. The summed E-state index contributed by atoms with van der Waals surface area (Å²) in [5.41, 5.74) is 0.421. The normalized spacial score (nSPS) is 13.3. The Morgan fingerprint density at radius 1 is 1.35 bits per heavy atom. The molecule has 0 aromatic heterocycles. The van der Waals surface area contributed by atoms with Crippen molar-refractivity contribution >= 4 is 11.9 Å². The van der Waals surface area contributed by atoms with Crippen LogP contribution < -0.4 is 5.32 Å². The maximum absolute atomic E-state index is 12.5. The fourth-order valence-corrected chi connectivity index (χ4v) is 1.63. The molecule has 110 valence electrons. The van der Waals surface area contributed by atoms with Crippen LogP contribution in [0.15, 0.2) is 30.3 Å². The molecule has 0 radical (unpaired) electrons. The van der Waals surface area contributed by atoms with Gasteiger partial charge in [-0.25, -0.2) is 4.39 Å². The summed E-state index contributed by atoms with van der Waals surface area (Å²) in [6, 6.07) is 8.40. The van der Waals surface area contributed by atoms with Gasteiger partial charge in [0, 0.05) is 12.1 Å². The molecule has 5 nitrogen and oxygen atoms in total. The molecule has 0 saturated heterocycles. The maximum atomic E-state index is 12.5. The maximum Gasteiger partial charge on any atom is 0.313 e. The van der Waals surface area contributed by atoms with E-state index in [9.17, 15) is 19.1 Å². The summed E-state index contributed by atoms with van der Waals surface area (Å²) < 4.78 is 17.3. The first-order valence-corrected chi connectivity index (χ1v) is 6.34. The van der Waals surface area contributed by atoms with Crippen LogP contribution in [-0.4, -0.2) is 42.9 Å². The Labute approximate surface area is 116 Å². The third-order valence-electron chi connectivity index (χ3n) is 2.73. The standard InChI is InChI=1S/C14H18FNO4/c1-2-20-14(19)11(12(17)8-15)9-16-13(18)10-6-4-3-5-7-10/h3-7,11-12,17H,2,8-9H2,1H3,(H,16,18)/t11-,12+/m0/s1. The van der Waals surface area contributed by atoms with Gasteiger partial charge in [0.2, 0.25) is 0 Å². The van der Waals surface area contributed by atoms with Gasteiger partial charge in [0.15, 0.2) is 0 Å². The van der Waals surface area contributed by atoms with Crippen LogP contribution in [0.5, 0.6) is 0 Å². The van der Waals surface area contributed by atoms with Crippen LogP contribution in [0.4, 0.5) is 4.39 Å². The molecule has 0 saturated carbocycles. The van der Waals surface area contributed by atoms with E-state index in [0.29, 0.717) is 5.56 Å². The number of rotatable bonds is 7. The molecule has 1 aromatic carbocycles. The molecule has 0 bridgehead atoms. The van der Waals surface area contributed by atoms with Crippen LogP contribution in [0.2, 0.25) is 0 Å². The van der Waals surface area contributed by atoms with Gasteiger partial charge in [-0.05, 0) is 19.1 Å². The van der Waals surface area contributed by atoms with Gasteiger partial charge in [0.05, 0.1) is 12.7 Å². The molecule has 1 amide bonds. The summed E-state index contributed by atoms with van der Waals surface area (Å²) in [6.45, 7) is 0.475. The Kier molecular flexibility index (Phi) is 6.66. The van der Waals surface area contributed by atoms with E-state index in [2.05, 4.69) is 5.32 Å². The highest BCUT2D eigenvalue weighted by Crippen LogP contribution is 2.08. The van der Waals surface area contributed by atoms with E-state index in [4.69, 9.17) is 4.74 Å². The van der Waals surface area contributed by atoms with Crippen molar-refractivity contribution in [1.82, 2.24) is 5.32 Å². The number of nitrogens with one attached hydrogen (secondary N) is 1. The number of esters is 1. The molecule has 1 aromatic rings. The third kappa shape index (κ3) is 4.62. The van der Waals surface area contributed by atoms with Crippen LogP contribution in [-0.2, 0) is 9.53 Å². The molecule has 2 N–H and O–H groups in total. The lowest BCUT2D eigenvalue weighted by Gasteiger charge is -2.19. The minimum absolute atomic E-state index is 0.126. The number of benzene rings is 1. The van der Waals surface area contributed by atoms with Crippen LogP contribution >= 0.6 is 0 Å². The van der Waals surface area contributed by atoms with E-state index in [1.807, 2.05) is 0 Å². The van der Waals surface area contributed by atoms with Gasteiger partial charge in [-0.2, -0.15) is 0 Å². The summed E-state index contributed by atoms with van der Waals surface area (Å²) >= 11 is 0. The first-order chi connectivity index (χ1) is 9.60. The molecule has 0 aliphatic rings. The lowest BCUT2D eigenvalue weighted by molar-refractivity contribution is -0.152. The van der Waals surface area contributed by atoms with Crippen molar-refractivity contribution in [2.24, 2.45) is 5.92 Å². The fourth-order valence-electron chi connectivity index (χ4n) is 1.63. The molecule has 0 spiro atoms. The van der Waals surface area contributed by atoms with Crippen molar-refractivity contribution in [1.29, 1.82) is 0 Å². The Bertz CT molecular complexity index is 438. The molecule has 0 unspecified atom stereocenters. The van der Waals surface area contributed by atoms with Crippen LogP contribution in [0.25, 0.3) is 0 Å². The number of carbonyl (C=O) groups excluding carboxylic acids is 2. The molecule has 1 rings (SSSR count). The van der Waals surface area contributed by atoms with E-state index < -0.39 is 30.6 Å². The van der Waals surface area contributed by atoms with Crippen molar-refractivity contribution < 1.29 is 23.8 Å². The summed E-state index contributed by atoms with van der Waals surface area (Å²) in [5, 5.41) is 12.0. The number of hydrogen-bond acceptors (Lipinski definition) is 4. The number of ether oxygens (including phenoxy) is 1. The average molecular weight is 283 g/mol. The Morgan fingerprint density at radius 2 is 2.00 bits per heavy atom. The van der Waals surface area contributed by atoms with Crippen molar-refractivity contribution in [3.05, 3.63) is 35.9 Å². The minimum Gasteiger partial charge on any atom is -0.466 e. The zero-order chi connectivity index (χ0) is 15.0. The zero-order valence-electron chi connectivity index (χ0n) is 11.2. The van der Waals surface area contributed by atoms with E-state index in [-0.39, 0.29) is 13.2 Å². The number of aliphatic hydroxyl groups is 1. The minimum atomic E-state index is -1.50. The van der Waals surface area contributed by atoms with Gasteiger partial charge in [-0.15, -0.1) is 0 Å². The molecule has 0 heterocycles. The highest BCUT2D eigenvalue weighted by Gasteiger charge is 2.28. The predicted molar refractivity (Wildman–Crippen MR) is 70.9 cm³/mol. The smallest absolute Gasteiger partial charge is 0.313 e. The number of amides is 1. The molecule has 20 heavy (non-hydrogen) atoms. The Morgan fingerprint density at radius 3 is 2.55 bits per heavy atom. The van der Waals surface area contributed by atoms with Crippen LogP contribution in [0.3, 0.4) is 0 Å². The second-order valence-electron chi connectivity index (χ2n) is 4.16. The Hall–Kier alpha value is -1.95. The van der Waals surface area contributed by atoms with E-state index in [1.165, 1.54) is 0 Å². The van der Waals surface area contributed by atoms with E-state index >= 15 is 0 Å². The predicted octanol–water partition coefficient (Wildman–Crippen LogP) is 0.926. The van der Waals surface area contributed by atoms with Gasteiger partial charge in [0.25, 0.3) is 5.91 Å². The molecular formula is C14H18FNO4. The first kappa shape index (κ1) is 16.1. The number of hydrogen-bond donors (Lipinski definition) is 2. The SMILES string of the molecule is CCOC(=O)[C@@H](CNC(=O)c1ccccc1)[C@H](O)CF.